The van der Waals surface area contributed by atoms with E-state index < -0.39 is 5.91 Å². The lowest BCUT2D eigenvalue weighted by molar-refractivity contribution is 0.0702. The van der Waals surface area contributed by atoms with Gasteiger partial charge in [-0.25, -0.2) is 0 Å². The van der Waals surface area contributed by atoms with Crippen LogP contribution in [0.1, 0.15) is 56.3 Å². The van der Waals surface area contributed by atoms with Gasteiger partial charge in [0.15, 0.2) is 0 Å². The van der Waals surface area contributed by atoms with Gasteiger partial charge in [-0.1, -0.05) is 36.4 Å². The second kappa shape index (κ2) is 8.63. The average molecular weight is 418 g/mol. The summed E-state index contributed by atoms with van der Waals surface area (Å²) in [6, 6.07) is 15.2. The molecule has 0 aliphatic carbocycles. The van der Waals surface area contributed by atoms with Crippen molar-refractivity contribution in [3.63, 3.8) is 0 Å². The number of aromatic nitrogens is 2. The van der Waals surface area contributed by atoms with Crippen LogP contribution < -0.4 is 5.73 Å². The minimum Gasteiger partial charge on any atom is -0.507 e. The van der Waals surface area contributed by atoms with Crippen molar-refractivity contribution in [2.45, 2.75) is 25.2 Å². The lowest BCUT2D eigenvalue weighted by atomic mass is 9.91. The predicted octanol–water partition coefficient (Wildman–Crippen LogP) is 2.84. The minimum absolute atomic E-state index is 0.0282. The molecule has 3 aromatic rings. The van der Waals surface area contributed by atoms with Crippen LogP contribution in [0.4, 0.5) is 0 Å². The van der Waals surface area contributed by atoms with E-state index in [0.29, 0.717) is 36.3 Å². The summed E-state index contributed by atoms with van der Waals surface area (Å²) in [5.41, 5.74) is 8.94. The number of nitrogens with zero attached hydrogens (tertiary/aromatic N) is 3. The molecular weight excluding hydrogens is 392 g/mol. The van der Waals surface area contributed by atoms with E-state index >= 15 is 0 Å². The first-order valence-electron chi connectivity index (χ1n) is 10.4. The van der Waals surface area contributed by atoms with Crippen LogP contribution in [-0.4, -0.2) is 44.7 Å². The van der Waals surface area contributed by atoms with Gasteiger partial charge in [0, 0.05) is 32.3 Å². The highest BCUT2D eigenvalue weighted by Crippen LogP contribution is 2.30. The van der Waals surface area contributed by atoms with Crippen molar-refractivity contribution in [1.29, 1.82) is 0 Å². The van der Waals surface area contributed by atoms with E-state index in [1.807, 2.05) is 36.4 Å². The lowest BCUT2D eigenvalue weighted by Crippen LogP contribution is -2.39. The Balaban J connectivity index is 1.55. The third-order valence-corrected chi connectivity index (χ3v) is 5.76. The molecule has 4 rings (SSSR count). The molecule has 0 radical (unpaired) electrons. The van der Waals surface area contributed by atoms with Crippen LogP contribution in [0.3, 0.4) is 0 Å². The van der Waals surface area contributed by atoms with Gasteiger partial charge in [0.1, 0.15) is 5.75 Å². The van der Waals surface area contributed by atoms with Crippen LogP contribution in [0.5, 0.6) is 5.75 Å². The number of aromatic hydroxyl groups is 1. The number of amides is 2. The van der Waals surface area contributed by atoms with Crippen molar-refractivity contribution < 1.29 is 14.7 Å². The van der Waals surface area contributed by atoms with E-state index in [9.17, 15) is 14.7 Å². The molecule has 0 bridgehead atoms. The van der Waals surface area contributed by atoms with Gasteiger partial charge >= 0.3 is 0 Å². The van der Waals surface area contributed by atoms with E-state index in [2.05, 4.69) is 5.10 Å². The summed E-state index contributed by atoms with van der Waals surface area (Å²) < 4.78 is 1.58. The molecule has 0 saturated carbocycles. The summed E-state index contributed by atoms with van der Waals surface area (Å²) >= 11 is 0. The van der Waals surface area contributed by atoms with E-state index in [-0.39, 0.29) is 17.6 Å². The molecule has 7 heteroatoms. The molecule has 2 heterocycles. The van der Waals surface area contributed by atoms with Gasteiger partial charge in [0.05, 0.1) is 16.8 Å². The Morgan fingerprint density at radius 3 is 2.65 bits per heavy atom. The Bertz CT molecular complexity index is 1110. The molecule has 1 fully saturated rings. The number of primary amides is 1. The topological polar surface area (TPSA) is 101 Å². The fraction of sp³-hybridized carbons (Fsp3) is 0.292. The van der Waals surface area contributed by atoms with Crippen LogP contribution in [0.25, 0.3) is 0 Å². The first kappa shape index (κ1) is 20.7. The summed E-state index contributed by atoms with van der Waals surface area (Å²) in [7, 11) is 1.75. The first-order valence-corrected chi connectivity index (χ1v) is 10.4. The van der Waals surface area contributed by atoms with Gasteiger partial charge in [-0.15, -0.1) is 0 Å². The number of phenolic OH excluding ortho intramolecular Hbond substituents is 1. The molecular formula is C24H26N4O3. The fourth-order valence-corrected chi connectivity index (χ4v) is 4.25. The zero-order valence-corrected chi connectivity index (χ0v) is 17.5. The molecule has 0 spiro atoms. The number of likely N-dealkylation sites (tertiary alicyclic amines) is 1. The molecule has 1 aliphatic heterocycles. The molecule has 7 nitrogen and oxygen atoms in total. The zero-order chi connectivity index (χ0) is 22.0. The highest BCUT2D eigenvalue weighted by Gasteiger charge is 2.30. The smallest absolute Gasteiger partial charge is 0.257 e. The van der Waals surface area contributed by atoms with E-state index in [1.165, 1.54) is 0 Å². The minimum atomic E-state index is -0.516. The van der Waals surface area contributed by atoms with Crippen LogP contribution in [0, 0.1) is 0 Å². The quantitative estimate of drug-likeness (QED) is 0.665. The standard InChI is InChI=1S/C24H26N4O3/c1-27-15-20(23(25)30)22(26-27)18-8-5-11-28(14-18)24(31)19-13-17(9-10-21(19)29)12-16-6-3-2-4-7-16/h2-4,6-7,9-10,13,15,18,29H,5,8,11-12,14H2,1H3,(H2,25,30)/t18-/m1/s1. The molecule has 31 heavy (non-hydrogen) atoms. The number of hydrogen-bond acceptors (Lipinski definition) is 4. The van der Waals surface area contributed by atoms with Gasteiger partial charge in [-0.3, -0.25) is 14.3 Å². The second-order valence-electron chi connectivity index (χ2n) is 8.07. The monoisotopic (exact) mass is 418 g/mol. The number of phenols is 1. The van der Waals surface area contributed by atoms with Gasteiger partial charge < -0.3 is 15.7 Å². The summed E-state index contributed by atoms with van der Waals surface area (Å²) in [4.78, 5) is 26.8. The highest BCUT2D eigenvalue weighted by atomic mass is 16.3. The maximum atomic E-state index is 13.3. The number of hydrogen-bond donors (Lipinski definition) is 2. The van der Waals surface area contributed by atoms with E-state index in [0.717, 1.165) is 24.0 Å². The second-order valence-corrected chi connectivity index (χ2v) is 8.07. The number of nitrogens with two attached hydrogens (primary N) is 1. The molecule has 2 amide bonds. The maximum absolute atomic E-state index is 13.3. The van der Waals surface area contributed by atoms with Gasteiger partial charge in [0.25, 0.3) is 11.8 Å². The van der Waals surface area contributed by atoms with Crippen LogP contribution >= 0.6 is 0 Å². The largest absolute Gasteiger partial charge is 0.507 e. The highest BCUT2D eigenvalue weighted by molar-refractivity contribution is 5.97. The van der Waals surface area contributed by atoms with E-state index in [1.54, 1.807) is 35.0 Å². The molecule has 1 aromatic heterocycles. The molecule has 160 valence electrons. The summed E-state index contributed by atoms with van der Waals surface area (Å²) in [6.45, 7) is 1.02. The summed E-state index contributed by atoms with van der Waals surface area (Å²) in [5.74, 6) is -0.831. The molecule has 0 unspecified atom stereocenters. The predicted molar refractivity (Wildman–Crippen MR) is 117 cm³/mol. The number of benzene rings is 2. The Hall–Kier alpha value is -3.61. The summed E-state index contributed by atoms with van der Waals surface area (Å²) in [5, 5.41) is 14.8. The third-order valence-electron chi connectivity index (χ3n) is 5.76. The Kier molecular flexibility index (Phi) is 5.75. The van der Waals surface area contributed by atoms with Crippen LogP contribution in [0.15, 0.2) is 54.7 Å². The fourth-order valence-electron chi connectivity index (χ4n) is 4.25. The van der Waals surface area contributed by atoms with Crippen LogP contribution in [0.2, 0.25) is 0 Å². The van der Waals surface area contributed by atoms with E-state index in [4.69, 9.17) is 5.73 Å². The molecule has 1 atom stereocenters. The van der Waals surface area contributed by atoms with Crippen molar-refractivity contribution in [1.82, 2.24) is 14.7 Å². The number of aryl methyl sites for hydroxylation is 1. The number of rotatable bonds is 5. The Morgan fingerprint density at radius 2 is 1.90 bits per heavy atom. The maximum Gasteiger partial charge on any atom is 0.257 e. The van der Waals surface area contributed by atoms with Crippen molar-refractivity contribution in [2.24, 2.45) is 12.8 Å². The van der Waals surface area contributed by atoms with Crippen molar-refractivity contribution in [2.75, 3.05) is 13.1 Å². The number of carbonyl (C=O) groups excluding carboxylic acids is 2. The normalized spacial score (nSPS) is 16.3. The molecule has 1 saturated heterocycles. The average Bonchev–Trinajstić information content (AvgIpc) is 3.17. The zero-order valence-electron chi connectivity index (χ0n) is 17.5. The van der Waals surface area contributed by atoms with Gasteiger partial charge in [-0.2, -0.15) is 5.10 Å². The van der Waals surface area contributed by atoms with Crippen molar-refractivity contribution in [3.8, 4) is 5.75 Å². The molecule has 3 N–H and O–H groups in total. The number of piperidine rings is 1. The Labute approximate surface area is 181 Å². The van der Waals surface area contributed by atoms with Gasteiger partial charge in [-0.05, 0) is 42.5 Å². The third kappa shape index (κ3) is 4.45. The summed E-state index contributed by atoms with van der Waals surface area (Å²) in [6.07, 6.45) is 3.91. The molecule has 1 aliphatic rings. The van der Waals surface area contributed by atoms with Crippen molar-refractivity contribution >= 4 is 11.8 Å². The van der Waals surface area contributed by atoms with Crippen molar-refractivity contribution in [3.05, 3.63) is 82.7 Å². The number of carbonyl (C=O) groups is 2. The first-order chi connectivity index (χ1) is 14.9. The Morgan fingerprint density at radius 1 is 1.13 bits per heavy atom. The molecule has 2 aromatic carbocycles. The SMILES string of the molecule is Cn1cc(C(N)=O)c([C@@H]2CCCN(C(=O)c3cc(Cc4ccccc4)ccc3O)C2)n1. The van der Waals surface area contributed by atoms with Gasteiger partial charge in [0.2, 0.25) is 0 Å². The van der Waals surface area contributed by atoms with Crippen LogP contribution in [-0.2, 0) is 13.5 Å². The lowest BCUT2D eigenvalue weighted by Gasteiger charge is -2.32.